The van der Waals surface area contributed by atoms with Gasteiger partial charge in [0.2, 0.25) is 0 Å². The molecule has 0 N–H and O–H groups in total. The Hall–Kier alpha value is -1.11. The highest BCUT2D eigenvalue weighted by molar-refractivity contribution is 9.10. The van der Waals surface area contributed by atoms with Crippen LogP contribution in [0.15, 0.2) is 22.7 Å². The van der Waals surface area contributed by atoms with Crippen LogP contribution in [-0.2, 0) is 14.3 Å². The molecule has 1 atom stereocenters. The van der Waals surface area contributed by atoms with Crippen molar-refractivity contribution < 1.29 is 19.0 Å². The van der Waals surface area contributed by atoms with Crippen molar-refractivity contribution in [2.24, 2.45) is 0 Å². The molecule has 0 saturated carbocycles. The fourth-order valence-electron chi connectivity index (χ4n) is 2.22. The molecule has 19 heavy (non-hydrogen) atoms. The standard InChI is InChI=1S/C13H14BrNO4/c14-9-1-2-11-10(7-9)15(3-4-18-11)13(16)12-8-17-5-6-19-12/h1-2,7,12H,3-6,8H2. The summed E-state index contributed by atoms with van der Waals surface area (Å²) < 4.78 is 17.2. The number of hydrogen-bond acceptors (Lipinski definition) is 4. The van der Waals surface area contributed by atoms with Gasteiger partial charge in [0.15, 0.2) is 6.10 Å². The van der Waals surface area contributed by atoms with Gasteiger partial charge < -0.3 is 19.1 Å². The van der Waals surface area contributed by atoms with E-state index in [1.807, 2.05) is 18.2 Å². The predicted molar refractivity (Wildman–Crippen MR) is 72.5 cm³/mol. The van der Waals surface area contributed by atoms with Gasteiger partial charge in [-0.2, -0.15) is 0 Å². The monoisotopic (exact) mass is 327 g/mol. The number of anilines is 1. The zero-order valence-electron chi connectivity index (χ0n) is 10.3. The Labute approximate surface area is 119 Å². The first kappa shape index (κ1) is 12.9. The Bertz CT molecular complexity index is 488. The number of hydrogen-bond donors (Lipinski definition) is 0. The van der Waals surface area contributed by atoms with E-state index in [2.05, 4.69) is 15.9 Å². The summed E-state index contributed by atoms with van der Waals surface area (Å²) >= 11 is 3.41. The fraction of sp³-hybridized carbons (Fsp3) is 0.462. The number of nitrogens with zero attached hydrogens (tertiary/aromatic N) is 1. The average Bonchev–Trinajstić information content (AvgIpc) is 2.47. The van der Waals surface area contributed by atoms with E-state index in [4.69, 9.17) is 14.2 Å². The Kier molecular flexibility index (Phi) is 3.72. The lowest BCUT2D eigenvalue weighted by atomic mass is 10.2. The third-order valence-electron chi connectivity index (χ3n) is 3.14. The molecule has 1 amide bonds. The van der Waals surface area contributed by atoms with Gasteiger partial charge in [0.25, 0.3) is 5.91 Å². The van der Waals surface area contributed by atoms with Gasteiger partial charge in [-0.25, -0.2) is 0 Å². The quantitative estimate of drug-likeness (QED) is 0.786. The van der Waals surface area contributed by atoms with E-state index >= 15 is 0 Å². The van der Waals surface area contributed by atoms with Gasteiger partial charge in [0, 0.05) is 4.47 Å². The molecule has 1 aromatic carbocycles. The third-order valence-corrected chi connectivity index (χ3v) is 3.63. The van der Waals surface area contributed by atoms with E-state index in [1.54, 1.807) is 4.90 Å². The SMILES string of the molecule is O=C(C1COCCO1)N1CCOc2ccc(Br)cc21. The summed E-state index contributed by atoms with van der Waals surface area (Å²) in [7, 11) is 0. The fourth-order valence-corrected chi connectivity index (χ4v) is 2.57. The summed E-state index contributed by atoms with van der Waals surface area (Å²) in [6.45, 7) is 2.36. The van der Waals surface area contributed by atoms with Gasteiger partial charge in [-0.15, -0.1) is 0 Å². The molecular formula is C13H14BrNO4. The van der Waals surface area contributed by atoms with Gasteiger partial charge in [-0.1, -0.05) is 15.9 Å². The van der Waals surface area contributed by atoms with E-state index in [1.165, 1.54) is 0 Å². The third kappa shape index (κ3) is 2.61. The maximum atomic E-state index is 12.5. The smallest absolute Gasteiger partial charge is 0.258 e. The summed E-state index contributed by atoms with van der Waals surface area (Å²) in [4.78, 5) is 14.2. The average molecular weight is 328 g/mol. The second-order valence-corrected chi connectivity index (χ2v) is 5.30. The Morgan fingerprint density at radius 1 is 1.32 bits per heavy atom. The van der Waals surface area contributed by atoms with Crippen molar-refractivity contribution in [1.29, 1.82) is 0 Å². The van der Waals surface area contributed by atoms with Crippen molar-refractivity contribution in [2.45, 2.75) is 6.10 Å². The lowest BCUT2D eigenvalue weighted by Gasteiger charge is -2.33. The molecule has 0 bridgehead atoms. The molecule has 1 fully saturated rings. The van der Waals surface area contributed by atoms with E-state index in [0.29, 0.717) is 33.0 Å². The molecule has 0 aromatic heterocycles. The van der Waals surface area contributed by atoms with Crippen molar-refractivity contribution in [1.82, 2.24) is 0 Å². The van der Waals surface area contributed by atoms with Gasteiger partial charge in [-0.05, 0) is 18.2 Å². The normalized spacial score (nSPS) is 22.6. The van der Waals surface area contributed by atoms with Crippen LogP contribution in [0, 0.1) is 0 Å². The number of rotatable bonds is 1. The van der Waals surface area contributed by atoms with Crippen molar-refractivity contribution >= 4 is 27.5 Å². The molecule has 102 valence electrons. The number of benzene rings is 1. The Morgan fingerprint density at radius 2 is 2.21 bits per heavy atom. The van der Waals surface area contributed by atoms with E-state index < -0.39 is 6.10 Å². The number of ether oxygens (including phenoxy) is 3. The van der Waals surface area contributed by atoms with Gasteiger partial charge in [-0.3, -0.25) is 4.79 Å². The maximum absolute atomic E-state index is 12.5. The summed E-state index contributed by atoms with van der Waals surface area (Å²) in [6, 6.07) is 5.64. The van der Waals surface area contributed by atoms with Crippen molar-refractivity contribution in [2.75, 3.05) is 37.9 Å². The molecule has 0 spiro atoms. The first-order valence-corrected chi connectivity index (χ1v) is 6.98. The van der Waals surface area contributed by atoms with Crippen LogP contribution in [-0.4, -0.2) is 45.0 Å². The van der Waals surface area contributed by atoms with Crippen molar-refractivity contribution in [3.05, 3.63) is 22.7 Å². The molecule has 1 unspecified atom stereocenters. The number of fused-ring (bicyclic) bond motifs is 1. The summed E-state index contributed by atoms with van der Waals surface area (Å²) in [5.74, 6) is 0.655. The molecule has 1 saturated heterocycles. The molecular weight excluding hydrogens is 314 g/mol. The number of amides is 1. The lowest BCUT2D eigenvalue weighted by molar-refractivity contribution is -0.145. The summed E-state index contributed by atoms with van der Waals surface area (Å²) in [6.07, 6.45) is -0.515. The molecule has 2 heterocycles. The second-order valence-electron chi connectivity index (χ2n) is 4.38. The van der Waals surface area contributed by atoms with Crippen molar-refractivity contribution in [3.63, 3.8) is 0 Å². The van der Waals surface area contributed by atoms with Crippen LogP contribution in [0.25, 0.3) is 0 Å². The Morgan fingerprint density at radius 3 is 3.00 bits per heavy atom. The zero-order valence-corrected chi connectivity index (χ0v) is 11.9. The minimum Gasteiger partial charge on any atom is -0.490 e. The first-order valence-electron chi connectivity index (χ1n) is 6.19. The Balaban J connectivity index is 1.86. The lowest BCUT2D eigenvalue weighted by Crippen LogP contribution is -2.48. The van der Waals surface area contributed by atoms with Crippen LogP contribution >= 0.6 is 15.9 Å². The second kappa shape index (κ2) is 5.48. The van der Waals surface area contributed by atoms with Crippen LogP contribution in [0.4, 0.5) is 5.69 Å². The number of carbonyl (C=O) groups is 1. The summed E-state index contributed by atoms with van der Waals surface area (Å²) in [5.41, 5.74) is 0.778. The van der Waals surface area contributed by atoms with Crippen LogP contribution in [0.3, 0.4) is 0 Å². The molecule has 1 aromatic rings. The number of halogens is 1. The largest absolute Gasteiger partial charge is 0.490 e. The van der Waals surface area contributed by atoms with Crippen LogP contribution in [0.5, 0.6) is 5.75 Å². The molecule has 5 nitrogen and oxygen atoms in total. The molecule has 2 aliphatic rings. The molecule has 0 radical (unpaired) electrons. The van der Waals surface area contributed by atoms with Gasteiger partial charge in [0.1, 0.15) is 12.4 Å². The van der Waals surface area contributed by atoms with E-state index in [-0.39, 0.29) is 5.91 Å². The zero-order chi connectivity index (χ0) is 13.2. The molecule has 6 heteroatoms. The van der Waals surface area contributed by atoms with Crippen molar-refractivity contribution in [3.8, 4) is 5.75 Å². The highest BCUT2D eigenvalue weighted by Crippen LogP contribution is 2.34. The first-order chi connectivity index (χ1) is 9.25. The highest BCUT2D eigenvalue weighted by Gasteiger charge is 2.31. The maximum Gasteiger partial charge on any atom is 0.258 e. The molecule has 2 aliphatic heterocycles. The topological polar surface area (TPSA) is 48.0 Å². The van der Waals surface area contributed by atoms with E-state index in [0.717, 1.165) is 15.9 Å². The minimum atomic E-state index is -0.515. The predicted octanol–water partition coefficient (Wildman–Crippen LogP) is 1.59. The minimum absolute atomic E-state index is 0.0673. The number of carbonyl (C=O) groups excluding carboxylic acids is 1. The van der Waals surface area contributed by atoms with Crippen LogP contribution < -0.4 is 9.64 Å². The molecule has 3 rings (SSSR count). The van der Waals surface area contributed by atoms with Gasteiger partial charge >= 0.3 is 0 Å². The summed E-state index contributed by atoms with van der Waals surface area (Å²) in [5, 5.41) is 0. The van der Waals surface area contributed by atoms with Crippen LogP contribution in [0.2, 0.25) is 0 Å². The molecule has 0 aliphatic carbocycles. The highest BCUT2D eigenvalue weighted by atomic mass is 79.9. The van der Waals surface area contributed by atoms with Gasteiger partial charge in [0.05, 0.1) is 32.1 Å². The van der Waals surface area contributed by atoms with Crippen LogP contribution in [0.1, 0.15) is 0 Å². The van der Waals surface area contributed by atoms with E-state index in [9.17, 15) is 4.79 Å².